The molecule has 23 heavy (non-hydrogen) atoms. The van der Waals surface area contributed by atoms with Crippen molar-refractivity contribution in [2.45, 2.75) is 36.6 Å². The van der Waals surface area contributed by atoms with Gasteiger partial charge in [-0.1, -0.05) is 0 Å². The van der Waals surface area contributed by atoms with Crippen LogP contribution in [0.5, 0.6) is 0 Å². The Hall–Kier alpha value is -1.93. The molecule has 0 bridgehead atoms. The highest BCUT2D eigenvalue weighted by Crippen LogP contribution is 2.28. The van der Waals surface area contributed by atoms with Crippen molar-refractivity contribution in [3.63, 3.8) is 0 Å². The third-order valence-corrected chi connectivity index (χ3v) is 5.47. The fourth-order valence-corrected chi connectivity index (χ4v) is 3.58. The molecule has 1 aliphatic carbocycles. The van der Waals surface area contributed by atoms with Gasteiger partial charge in [-0.15, -0.1) is 0 Å². The first-order valence-electron chi connectivity index (χ1n) is 7.55. The van der Waals surface area contributed by atoms with Gasteiger partial charge in [-0.3, -0.25) is 9.59 Å². The third kappa shape index (κ3) is 3.53. The van der Waals surface area contributed by atoms with Crippen LogP contribution in [0.3, 0.4) is 0 Å². The molecule has 1 heterocycles. The van der Waals surface area contributed by atoms with Crippen LogP contribution in [-0.4, -0.2) is 39.9 Å². The summed E-state index contributed by atoms with van der Waals surface area (Å²) < 4.78 is 26.9. The van der Waals surface area contributed by atoms with E-state index in [-0.39, 0.29) is 29.3 Å². The largest absolute Gasteiger partial charge is 0.352 e. The summed E-state index contributed by atoms with van der Waals surface area (Å²) in [7, 11) is -2.07. The van der Waals surface area contributed by atoms with Crippen molar-refractivity contribution in [2.75, 3.05) is 18.5 Å². The minimum Gasteiger partial charge on any atom is -0.352 e. The van der Waals surface area contributed by atoms with Crippen LogP contribution in [-0.2, 0) is 26.0 Å². The molecule has 124 valence electrons. The van der Waals surface area contributed by atoms with E-state index < -0.39 is 10.0 Å². The summed E-state index contributed by atoms with van der Waals surface area (Å²) in [4.78, 5) is 24.9. The lowest BCUT2D eigenvalue weighted by Crippen LogP contribution is -2.38. The number of nitrogens with one attached hydrogen (secondary N) is 2. The zero-order valence-electron chi connectivity index (χ0n) is 12.8. The van der Waals surface area contributed by atoms with Gasteiger partial charge >= 0.3 is 0 Å². The normalized spacial score (nSPS) is 17.8. The number of sulfonamides is 1. The first-order valence-corrected chi connectivity index (χ1v) is 9.03. The van der Waals surface area contributed by atoms with Crippen LogP contribution in [0.15, 0.2) is 23.1 Å². The summed E-state index contributed by atoms with van der Waals surface area (Å²) in [5.74, 6) is -0.303. The Morgan fingerprint density at radius 3 is 2.74 bits per heavy atom. The first-order chi connectivity index (χ1) is 10.9. The second-order valence-electron chi connectivity index (χ2n) is 5.91. The molecule has 7 nitrogen and oxygen atoms in total. The Balaban J connectivity index is 1.72. The van der Waals surface area contributed by atoms with Gasteiger partial charge in [0, 0.05) is 25.2 Å². The number of nitrogens with zero attached hydrogens (tertiary/aromatic N) is 1. The number of amides is 2. The number of carbonyl (C=O) groups is 2. The van der Waals surface area contributed by atoms with E-state index in [1.165, 1.54) is 11.0 Å². The van der Waals surface area contributed by atoms with E-state index in [0.29, 0.717) is 12.8 Å². The number of hydrogen-bond acceptors (Lipinski definition) is 4. The maximum atomic E-state index is 12.3. The quantitative estimate of drug-likeness (QED) is 0.800. The lowest BCUT2D eigenvalue weighted by atomic mass is 10.0. The van der Waals surface area contributed by atoms with Gasteiger partial charge in [-0.2, -0.15) is 0 Å². The highest BCUT2D eigenvalue weighted by molar-refractivity contribution is 7.89. The maximum absolute atomic E-state index is 12.3. The molecule has 0 atom stereocenters. The molecule has 2 aliphatic rings. The number of benzene rings is 1. The van der Waals surface area contributed by atoms with E-state index in [0.717, 1.165) is 24.1 Å². The van der Waals surface area contributed by atoms with Gasteiger partial charge in [0.25, 0.3) is 0 Å². The van der Waals surface area contributed by atoms with Crippen molar-refractivity contribution in [2.24, 2.45) is 0 Å². The summed E-state index contributed by atoms with van der Waals surface area (Å²) in [6, 6.07) is 4.85. The molecule has 1 saturated carbocycles. The molecule has 2 N–H and O–H groups in total. The van der Waals surface area contributed by atoms with Crippen LogP contribution < -0.4 is 14.9 Å². The van der Waals surface area contributed by atoms with Crippen molar-refractivity contribution in [1.82, 2.24) is 10.0 Å². The van der Waals surface area contributed by atoms with E-state index in [9.17, 15) is 18.0 Å². The molecule has 8 heteroatoms. The number of anilines is 1. The number of hydrogen-bond donors (Lipinski definition) is 2. The second-order valence-corrected chi connectivity index (χ2v) is 7.68. The number of rotatable bonds is 5. The van der Waals surface area contributed by atoms with Crippen LogP contribution in [0.4, 0.5) is 5.69 Å². The van der Waals surface area contributed by atoms with E-state index in [1.54, 1.807) is 19.2 Å². The molecule has 1 fully saturated rings. The zero-order valence-corrected chi connectivity index (χ0v) is 13.6. The summed E-state index contributed by atoms with van der Waals surface area (Å²) in [5.41, 5.74) is 1.55. The molecule has 0 radical (unpaired) electrons. The fraction of sp³-hybridized carbons (Fsp3) is 0.467. The van der Waals surface area contributed by atoms with Crippen molar-refractivity contribution < 1.29 is 18.0 Å². The van der Waals surface area contributed by atoms with Crippen LogP contribution in [0.1, 0.15) is 24.8 Å². The van der Waals surface area contributed by atoms with Gasteiger partial charge < -0.3 is 10.2 Å². The van der Waals surface area contributed by atoms with Gasteiger partial charge in [-0.25, -0.2) is 13.1 Å². The number of carbonyl (C=O) groups excluding carboxylic acids is 2. The van der Waals surface area contributed by atoms with E-state index >= 15 is 0 Å². The van der Waals surface area contributed by atoms with E-state index in [2.05, 4.69) is 10.0 Å². The molecular weight excluding hydrogens is 318 g/mol. The van der Waals surface area contributed by atoms with Gasteiger partial charge in [0.05, 0.1) is 11.4 Å². The van der Waals surface area contributed by atoms with Gasteiger partial charge in [0.1, 0.15) is 0 Å². The summed E-state index contributed by atoms with van der Waals surface area (Å²) in [5, 5.41) is 2.73. The van der Waals surface area contributed by atoms with Gasteiger partial charge in [-0.05, 0) is 43.0 Å². The molecule has 1 aliphatic heterocycles. The fourth-order valence-electron chi connectivity index (χ4n) is 2.55. The molecule has 0 saturated heterocycles. The standard InChI is InChI=1S/C15H19N3O4S/c1-18-13-6-5-12(8-10(13)2-7-15(18)20)23(21,22)16-9-14(19)17-11-3-4-11/h5-6,8,11,16H,2-4,7,9H2,1H3,(H,17,19). The zero-order chi connectivity index (χ0) is 16.6. The predicted molar refractivity (Wildman–Crippen MR) is 84.5 cm³/mol. The van der Waals surface area contributed by atoms with E-state index in [1.807, 2.05) is 0 Å². The van der Waals surface area contributed by atoms with Gasteiger partial charge in [0.2, 0.25) is 21.8 Å². The molecule has 1 aromatic carbocycles. The average Bonchev–Trinajstić information content (AvgIpc) is 3.33. The highest BCUT2D eigenvalue weighted by Gasteiger charge is 2.25. The first kappa shape index (κ1) is 15.9. The molecular formula is C15H19N3O4S. The van der Waals surface area contributed by atoms with Crippen LogP contribution >= 0.6 is 0 Å². The predicted octanol–water partition coefficient (Wildman–Crippen LogP) is 0.153. The molecule has 3 rings (SSSR count). The second kappa shape index (κ2) is 5.93. The van der Waals surface area contributed by atoms with Crippen LogP contribution in [0, 0.1) is 0 Å². The Labute approximate surface area is 135 Å². The molecule has 0 unspecified atom stereocenters. The van der Waals surface area contributed by atoms with Gasteiger partial charge in [0.15, 0.2) is 0 Å². The van der Waals surface area contributed by atoms with Crippen LogP contribution in [0.2, 0.25) is 0 Å². The van der Waals surface area contributed by atoms with Crippen molar-refractivity contribution >= 4 is 27.5 Å². The Kier molecular flexibility index (Phi) is 4.11. The van der Waals surface area contributed by atoms with Crippen molar-refractivity contribution in [3.05, 3.63) is 23.8 Å². The SMILES string of the molecule is CN1C(=O)CCc2cc(S(=O)(=O)NCC(=O)NC3CC3)ccc21. The minimum atomic E-state index is -3.75. The third-order valence-electron chi connectivity index (χ3n) is 4.07. The number of aryl methyl sites for hydroxylation is 1. The minimum absolute atomic E-state index is 0.0166. The highest BCUT2D eigenvalue weighted by atomic mass is 32.2. The summed E-state index contributed by atoms with van der Waals surface area (Å²) in [6.07, 6.45) is 2.79. The lowest BCUT2D eigenvalue weighted by Gasteiger charge is -2.26. The topological polar surface area (TPSA) is 95.6 Å². The Bertz CT molecular complexity index is 756. The Morgan fingerprint density at radius 1 is 1.30 bits per heavy atom. The summed E-state index contributed by atoms with van der Waals surface area (Å²) >= 11 is 0. The smallest absolute Gasteiger partial charge is 0.241 e. The molecule has 2 amide bonds. The molecule has 1 aromatic rings. The average molecular weight is 337 g/mol. The monoisotopic (exact) mass is 337 g/mol. The molecule has 0 aromatic heterocycles. The van der Waals surface area contributed by atoms with Crippen LogP contribution in [0.25, 0.3) is 0 Å². The summed E-state index contributed by atoms with van der Waals surface area (Å²) in [6.45, 7) is -0.270. The Morgan fingerprint density at radius 2 is 2.04 bits per heavy atom. The molecule has 0 spiro atoms. The number of fused-ring (bicyclic) bond motifs is 1. The maximum Gasteiger partial charge on any atom is 0.241 e. The van der Waals surface area contributed by atoms with E-state index in [4.69, 9.17) is 0 Å². The van der Waals surface area contributed by atoms with Crippen molar-refractivity contribution in [3.8, 4) is 0 Å². The van der Waals surface area contributed by atoms with Crippen molar-refractivity contribution in [1.29, 1.82) is 0 Å². The lowest BCUT2D eigenvalue weighted by molar-refractivity contribution is -0.120.